The van der Waals surface area contributed by atoms with Crippen molar-refractivity contribution in [1.29, 1.82) is 0 Å². The maximum Gasteiger partial charge on any atom is 0.123 e. The predicted octanol–water partition coefficient (Wildman–Crippen LogP) is 2.89. The Bertz CT molecular complexity index is 385. The van der Waals surface area contributed by atoms with Gasteiger partial charge in [-0.15, -0.1) is 24.8 Å². The van der Waals surface area contributed by atoms with E-state index in [2.05, 4.69) is 10.2 Å². The molecule has 1 fully saturated rings. The second-order valence-electron chi connectivity index (χ2n) is 4.46. The van der Waals surface area contributed by atoms with E-state index in [0.29, 0.717) is 0 Å². The maximum absolute atomic E-state index is 13.3. The van der Waals surface area contributed by atoms with Gasteiger partial charge in [0.25, 0.3) is 0 Å². The zero-order chi connectivity index (χ0) is 12.3. The Hall–Kier alpha value is -0.420. The van der Waals surface area contributed by atoms with Gasteiger partial charge in [-0.25, -0.2) is 8.78 Å². The molecular formula is C13H20Cl2F2N2. The zero-order valence-corrected chi connectivity index (χ0v) is 12.5. The molecule has 1 heterocycles. The standard InChI is InChI=1S/C13H18F2N2.2ClH/c1-10-2-3-11(15)8-12(10)13(9-14)17-6-4-16-5-7-17;;/h2-3,8,13,16H,4-7,9H2,1H3;2*1H/t13-;;/m1../s1. The molecule has 1 aliphatic heterocycles. The SMILES string of the molecule is Cc1ccc(F)cc1[C@@H](CF)N1CCNCC1.Cl.Cl. The average Bonchev–Trinajstić information content (AvgIpc) is 2.36. The van der Waals surface area contributed by atoms with Gasteiger partial charge in [-0.2, -0.15) is 0 Å². The fourth-order valence-corrected chi connectivity index (χ4v) is 2.34. The number of benzene rings is 1. The molecular weight excluding hydrogens is 293 g/mol. The molecule has 0 aliphatic carbocycles. The summed E-state index contributed by atoms with van der Waals surface area (Å²) in [5, 5.41) is 3.23. The number of nitrogens with one attached hydrogen (secondary N) is 1. The van der Waals surface area contributed by atoms with Crippen LogP contribution < -0.4 is 5.32 Å². The molecule has 1 saturated heterocycles. The Balaban J connectivity index is 0.00000162. The van der Waals surface area contributed by atoms with E-state index >= 15 is 0 Å². The van der Waals surface area contributed by atoms with Gasteiger partial charge in [0.15, 0.2) is 0 Å². The topological polar surface area (TPSA) is 15.3 Å². The van der Waals surface area contributed by atoms with E-state index in [4.69, 9.17) is 0 Å². The van der Waals surface area contributed by atoms with Crippen LogP contribution in [0.1, 0.15) is 17.2 Å². The minimum Gasteiger partial charge on any atom is -0.314 e. The van der Waals surface area contributed by atoms with Crippen molar-refractivity contribution in [1.82, 2.24) is 10.2 Å². The summed E-state index contributed by atoms with van der Waals surface area (Å²) in [6.45, 7) is 4.79. The molecule has 0 amide bonds. The molecule has 19 heavy (non-hydrogen) atoms. The van der Waals surface area contributed by atoms with Crippen LogP contribution in [-0.4, -0.2) is 37.8 Å². The minimum atomic E-state index is -0.468. The van der Waals surface area contributed by atoms with Gasteiger partial charge in [-0.1, -0.05) is 6.07 Å². The molecule has 0 bridgehead atoms. The molecule has 1 aromatic rings. The first-order valence-corrected chi connectivity index (χ1v) is 5.99. The summed E-state index contributed by atoms with van der Waals surface area (Å²) < 4.78 is 26.5. The van der Waals surface area contributed by atoms with Gasteiger partial charge >= 0.3 is 0 Å². The van der Waals surface area contributed by atoms with Crippen molar-refractivity contribution < 1.29 is 8.78 Å². The van der Waals surface area contributed by atoms with Crippen LogP contribution in [0.4, 0.5) is 8.78 Å². The van der Waals surface area contributed by atoms with E-state index < -0.39 is 6.67 Å². The number of hydrogen-bond acceptors (Lipinski definition) is 2. The molecule has 2 rings (SSSR count). The van der Waals surface area contributed by atoms with E-state index in [1.54, 1.807) is 6.07 Å². The molecule has 1 aromatic carbocycles. The second-order valence-corrected chi connectivity index (χ2v) is 4.46. The molecule has 6 heteroatoms. The van der Waals surface area contributed by atoms with Crippen LogP contribution in [-0.2, 0) is 0 Å². The monoisotopic (exact) mass is 312 g/mol. The van der Waals surface area contributed by atoms with Crippen LogP contribution >= 0.6 is 24.8 Å². The van der Waals surface area contributed by atoms with Gasteiger partial charge in [0.2, 0.25) is 0 Å². The summed E-state index contributed by atoms with van der Waals surface area (Å²) in [4.78, 5) is 2.08. The average molecular weight is 313 g/mol. The minimum absolute atomic E-state index is 0. The van der Waals surface area contributed by atoms with Crippen LogP contribution in [0, 0.1) is 12.7 Å². The first-order valence-electron chi connectivity index (χ1n) is 5.99. The number of halogens is 4. The van der Waals surface area contributed by atoms with Crippen LogP contribution in [0.3, 0.4) is 0 Å². The summed E-state index contributed by atoms with van der Waals surface area (Å²) in [6.07, 6.45) is 0. The molecule has 0 spiro atoms. The Morgan fingerprint density at radius 3 is 2.47 bits per heavy atom. The third-order valence-electron chi connectivity index (χ3n) is 3.34. The Kier molecular flexibility index (Phi) is 8.50. The van der Waals surface area contributed by atoms with E-state index in [1.165, 1.54) is 12.1 Å². The lowest BCUT2D eigenvalue weighted by Gasteiger charge is -2.34. The fraction of sp³-hybridized carbons (Fsp3) is 0.538. The molecule has 0 unspecified atom stereocenters. The lowest BCUT2D eigenvalue weighted by atomic mass is 10.00. The highest BCUT2D eigenvalue weighted by Gasteiger charge is 2.23. The van der Waals surface area contributed by atoms with Crippen LogP contribution in [0.15, 0.2) is 18.2 Å². The summed E-state index contributed by atoms with van der Waals surface area (Å²) in [6, 6.07) is 4.29. The van der Waals surface area contributed by atoms with E-state index in [9.17, 15) is 8.78 Å². The van der Waals surface area contributed by atoms with Gasteiger partial charge in [-0.3, -0.25) is 4.90 Å². The number of piperazine rings is 1. The lowest BCUT2D eigenvalue weighted by Crippen LogP contribution is -2.45. The number of rotatable bonds is 3. The number of alkyl halides is 1. The first kappa shape index (κ1) is 18.6. The van der Waals surface area contributed by atoms with Gasteiger partial charge in [0.1, 0.15) is 12.5 Å². The van der Waals surface area contributed by atoms with E-state index in [-0.39, 0.29) is 36.7 Å². The van der Waals surface area contributed by atoms with Crippen molar-refractivity contribution in [2.24, 2.45) is 0 Å². The van der Waals surface area contributed by atoms with Crippen molar-refractivity contribution >= 4 is 24.8 Å². The van der Waals surface area contributed by atoms with Crippen molar-refractivity contribution in [3.8, 4) is 0 Å². The molecule has 110 valence electrons. The van der Waals surface area contributed by atoms with Crippen LogP contribution in [0.25, 0.3) is 0 Å². The van der Waals surface area contributed by atoms with Gasteiger partial charge in [0, 0.05) is 26.2 Å². The van der Waals surface area contributed by atoms with E-state index in [1.807, 2.05) is 6.92 Å². The van der Waals surface area contributed by atoms with Crippen LogP contribution in [0.2, 0.25) is 0 Å². The summed E-state index contributed by atoms with van der Waals surface area (Å²) >= 11 is 0. The number of aryl methyl sites for hydroxylation is 1. The lowest BCUT2D eigenvalue weighted by molar-refractivity contribution is 0.147. The molecule has 0 radical (unpaired) electrons. The third-order valence-corrected chi connectivity index (χ3v) is 3.34. The van der Waals surface area contributed by atoms with Crippen molar-refractivity contribution in [2.45, 2.75) is 13.0 Å². The zero-order valence-electron chi connectivity index (χ0n) is 10.9. The fourth-order valence-electron chi connectivity index (χ4n) is 2.34. The Morgan fingerprint density at radius 2 is 1.89 bits per heavy atom. The Morgan fingerprint density at radius 1 is 1.26 bits per heavy atom. The van der Waals surface area contributed by atoms with Crippen LogP contribution in [0.5, 0.6) is 0 Å². The van der Waals surface area contributed by atoms with Crippen molar-refractivity contribution in [3.05, 3.63) is 35.1 Å². The van der Waals surface area contributed by atoms with Gasteiger partial charge in [-0.05, 0) is 30.2 Å². The molecule has 1 aliphatic rings. The van der Waals surface area contributed by atoms with Gasteiger partial charge in [0.05, 0.1) is 6.04 Å². The number of nitrogens with zero attached hydrogens (tertiary/aromatic N) is 1. The van der Waals surface area contributed by atoms with Crippen molar-refractivity contribution in [2.75, 3.05) is 32.9 Å². The summed E-state index contributed by atoms with van der Waals surface area (Å²) in [7, 11) is 0. The first-order chi connectivity index (χ1) is 8.22. The highest BCUT2D eigenvalue weighted by Crippen LogP contribution is 2.25. The highest BCUT2D eigenvalue weighted by molar-refractivity contribution is 5.85. The molecule has 1 atom stereocenters. The Labute approximate surface area is 125 Å². The molecule has 0 saturated carbocycles. The highest BCUT2D eigenvalue weighted by atomic mass is 35.5. The quantitative estimate of drug-likeness (QED) is 0.923. The molecule has 1 N–H and O–H groups in total. The molecule has 0 aromatic heterocycles. The normalized spacial score (nSPS) is 17.2. The van der Waals surface area contributed by atoms with Crippen molar-refractivity contribution in [3.63, 3.8) is 0 Å². The predicted molar refractivity (Wildman–Crippen MR) is 78.8 cm³/mol. The second kappa shape index (κ2) is 8.69. The smallest absolute Gasteiger partial charge is 0.123 e. The summed E-state index contributed by atoms with van der Waals surface area (Å²) in [5.74, 6) is -0.292. The number of hydrogen-bond donors (Lipinski definition) is 1. The largest absolute Gasteiger partial charge is 0.314 e. The molecule has 2 nitrogen and oxygen atoms in total. The van der Waals surface area contributed by atoms with Gasteiger partial charge < -0.3 is 5.32 Å². The summed E-state index contributed by atoms with van der Waals surface area (Å²) in [5.41, 5.74) is 1.72. The van der Waals surface area contributed by atoms with E-state index in [0.717, 1.165) is 37.3 Å². The third kappa shape index (κ3) is 4.56. The maximum atomic E-state index is 13.3.